The van der Waals surface area contributed by atoms with Gasteiger partial charge in [0.25, 0.3) is 0 Å². The molecule has 16 heavy (non-hydrogen) atoms. The molecule has 2 N–H and O–H groups in total. The number of ketones is 1. The third-order valence-electron chi connectivity index (χ3n) is 1.80. The summed E-state index contributed by atoms with van der Waals surface area (Å²) in [5.74, 6) is 0.875. The number of likely N-dealkylation sites (N-methyl/N-ethyl adjacent to an activating group) is 1. The number of hydrogen-bond donors (Lipinski definition) is 4. The van der Waals surface area contributed by atoms with Crippen LogP contribution in [0.2, 0.25) is 0 Å². The molecule has 0 amide bonds. The molecule has 0 aromatic carbocycles. The monoisotopic (exact) mass is 300 g/mol. The summed E-state index contributed by atoms with van der Waals surface area (Å²) in [6.07, 6.45) is 0. The third kappa shape index (κ3) is 6.41. The van der Waals surface area contributed by atoms with Crippen molar-refractivity contribution in [3.8, 4) is 0 Å². The van der Waals surface area contributed by atoms with Crippen molar-refractivity contribution in [3.05, 3.63) is 0 Å². The summed E-state index contributed by atoms with van der Waals surface area (Å²) < 4.78 is 2.88. The molecule has 0 spiro atoms. The summed E-state index contributed by atoms with van der Waals surface area (Å²) in [6.45, 7) is 1.49. The Kier molecular flexibility index (Phi) is 10.1. The molecule has 0 aliphatic carbocycles. The predicted molar refractivity (Wildman–Crippen MR) is 78.3 cm³/mol. The zero-order valence-electron chi connectivity index (χ0n) is 9.10. The summed E-state index contributed by atoms with van der Waals surface area (Å²) in [5.41, 5.74) is 0. The van der Waals surface area contributed by atoms with Gasteiger partial charge in [-0.25, -0.2) is 4.72 Å². The molecule has 0 bridgehead atoms. The molecule has 0 unspecified atom stereocenters. The molecule has 2 atom stereocenters. The summed E-state index contributed by atoms with van der Waals surface area (Å²) in [6, 6.07) is -0.591. The number of Topliss-reactive ketones (excluding diaryl/α,β-unsaturated/α-hetero) is 1. The lowest BCUT2D eigenvalue weighted by atomic mass is 10.3. The summed E-state index contributed by atoms with van der Waals surface area (Å²) in [5, 5.41) is 2.84. The van der Waals surface area contributed by atoms with Gasteiger partial charge in [0, 0.05) is 11.5 Å². The van der Waals surface area contributed by atoms with Crippen LogP contribution in [0.1, 0.15) is 6.92 Å². The minimum absolute atomic E-state index is 0.00918. The minimum Gasteiger partial charge on any atom is -0.309 e. The van der Waals surface area contributed by atoms with E-state index in [1.807, 2.05) is 0 Å². The van der Waals surface area contributed by atoms with Crippen LogP contribution in [0, 0.1) is 0 Å². The molecule has 0 aliphatic heterocycles. The van der Waals surface area contributed by atoms with Gasteiger partial charge in [-0.2, -0.15) is 25.3 Å². The lowest BCUT2D eigenvalue weighted by Crippen LogP contribution is -2.35. The van der Waals surface area contributed by atoms with Crippen LogP contribution in [-0.2, 0) is 9.59 Å². The van der Waals surface area contributed by atoms with E-state index in [0.717, 1.165) is 21.8 Å². The first kappa shape index (κ1) is 16.7. The Bertz CT molecular complexity index is 236. The van der Waals surface area contributed by atoms with Crippen LogP contribution in [0.25, 0.3) is 0 Å². The fourth-order valence-corrected chi connectivity index (χ4v) is 3.56. The van der Waals surface area contributed by atoms with Crippen LogP contribution in [0.5, 0.6) is 0 Å². The summed E-state index contributed by atoms with van der Waals surface area (Å²) >= 11 is 8.10. The van der Waals surface area contributed by atoms with Crippen LogP contribution in [0.4, 0.5) is 0 Å². The molecular formula is C8H16N2O2S4. The Morgan fingerprint density at radius 2 is 1.81 bits per heavy atom. The Hall–Kier alpha value is 0.660. The lowest BCUT2D eigenvalue weighted by molar-refractivity contribution is -0.118. The van der Waals surface area contributed by atoms with Crippen molar-refractivity contribution in [2.24, 2.45) is 0 Å². The van der Waals surface area contributed by atoms with Gasteiger partial charge >= 0.3 is 0 Å². The molecule has 0 aromatic heterocycles. The second-order valence-electron chi connectivity index (χ2n) is 2.97. The molecular weight excluding hydrogens is 284 g/mol. The third-order valence-corrected chi connectivity index (χ3v) is 4.48. The Balaban J connectivity index is 3.88. The largest absolute Gasteiger partial charge is 0.309 e. The highest BCUT2D eigenvalue weighted by Gasteiger charge is 2.17. The van der Waals surface area contributed by atoms with Crippen molar-refractivity contribution in [1.29, 1.82) is 0 Å². The summed E-state index contributed by atoms with van der Waals surface area (Å²) in [7, 11) is 3.93. The smallest absolute Gasteiger partial charge is 0.218 e. The van der Waals surface area contributed by atoms with E-state index in [-0.39, 0.29) is 23.0 Å². The topological polar surface area (TPSA) is 58.2 Å². The van der Waals surface area contributed by atoms with Gasteiger partial charge in [0.2, 0.25) is 5.12 Å². The molecule has 8 heteroatoms. The zero-order chi connectivity index (χ0) is 12.6. The van der Waals surface area contributed by atoms with Crippen molar-refractivity contribution in [2.75, 3.05) is 18.6 Å². The van der Waals surface area contributed by atoms with E-state index in [2.05, 4.69) is 35.3 Å². The van der Waals surface area contributed by atoms with Crippen LogP contribution in [0.3, 0.4) is 0 Å². The quantitative estimate of drug-likeness (QED) is 0.302. The number of carbonyl (C=O) groups is 2. The number of hydrogen-bond acceptors (Lipinski definition) is 8. The van der Waals surface area contributed by atoms with Crippen LogP contribution in [-0.4, -0.2) is 41.5 Å². The van der Waals surface area contributed by atoms with Crippen LogP contribution >= 0.6 is 47.0 Å². The van der Waals surface area contributed by atoms with E-state index < -0.39 is 0 Å². The number of thiol groups is 2. The Morgan fingerprint density at radius 3 is 2.19 bits per heavy atom. The normalized spacial score (nSPS) is 14.5. The van der Waals surface area contributed by atoms with Crippen molar-refractivity contribution in [1.82, 2.24) is 10.0 Å². The van der Waals surface area contributed by atoms with Gasteiger partial charge in [-0.1, -0.05) is 0 Å². The highest BCUT2D eigenvalue weighted by Crippen LogP contribution is 2.21. The van der Waals surface area contributed by atoms with Gasteiger partial charge in [0.05, 0.1) is 12.1 Å². The van der Waals surface area contributed by atoms with Gasteiger partial charge in [0.1, 0.15) is 5.78 Å². The molecule has 0 heterocycles. The van der Waals surface area contributed by atoms with E-state index in [0.29, 0.717) is 11.5 Å². The fourth-order valence-electron chi connectivity index (χ4n) is 0.714. The van der Waals surface area contributed by atoms with E-state index in [4.69, 9.17) is 0 Å². The maximum absolute atomic E-state index is 11.5. The van der Waals surface area contributed by atoms with E-state index in [9.17, 15) is 9.59 Å². The molecule has 0 aliphatic rings. The van der Waals surface area contributed by atoms with E-state index >= 15 is 0 Å². The predicted octanol–water partition coefficient (Wildman–Crippen LogP) is 0.804. The van der Waals surface area contributed by atoms with Crippen molar-refractivity contribution >= 4 is 57.9 Å². The molecule has 94 valence electrons. The Labute approximate surface area is 115 Å². The second kappa shape index (κ2) is 9.67. The first-order chi connectivity index (χ1) is 7.56. The van der Waals surface area contributed by atoms with Crippen LogP contribution < -0.4 is 10.0 Å². The Morgan fingerprint density at radius 1 is 1.25 bits per heavy atom. The van der Waals surface area contributed by atoms with Crippen molar-refractivity contribution < 1.29 is 9.59 Å². The number of carbonyl (C=O) groups excluding carboxylic acids is 2. The second-order valence-corrected chi connectivity index (χ2v) is 5.67. The molecule has 0 rings (SSSR count). The van der Waals surface area contributed by atoms with Gasteiger partial charge in [0.15, 0.2) is 0 Å². The minimum atomic E-state index is -0.322. The molecule has 4 nitrogen and oxygen atoms in total. The number of nitrogens with one attached hydrogen (secondary N) is 2. The van der Waals surface area contributed by atoms with Crippen molar-refractivity contribution in [2.45, 2.75) is 19.0 Å². The molecule has 0 radical (unpaired) electrons. The first-order valence-electron chi connectivity index (χ1n) is 4.59. The highest BCUT2D eigenvalue weighted by atomic mass is 33.1. The average molecular weight is 300 g/mol. The maximum atomic E-state index is 11.5. The molecule has 0 saturated carbocycles. The highest BCUT2D eigenvalue weighted by molar-refractivity contribution is 8.81. The fraction of sp³-hybridized carbons (Fsp3) is 0.750. The zero-order valence-corrected chi connectivity index (χ0v) is 12.5. The number of rotatable bonds is 8. The van der Waals surface area contributed by atoms with Crippen LogP contribution in [0.15, 0.2) is 0 Å². The molecule has 0 saturated heterocycles. The summed E-state index contributed by atoms with van der Waals surface area (Å²) in [4.78, 5) is 22.6. The van der Waals surface area contributed by atoms with Gasteiger partial charge in [-0.05, 0) is 35.7 Å². The SMILES string of the molecule is CN[C@@H](CS)C(=O)SSN[C@@H](CS)C(C)=O. The van der Waals surface area contributed by atoms with Gasteiger partial charge in [-0.3, -0.25) is 9.59 Å². The average Bonchev–Trinajstić information content (AvgIpc) is 2.25. The van der Waals surface area contributed by atoms with E-state index in [1.54, 1.807) is 7.05 Å². The first-order valence-corrected chi connectivity index (χ1v) is 8.00. The maximum Gasteiger partial charge on any atom is 0.218 e. The van der Waals surface area contributed by atoms with Gasteiger partial charge < -0.3 is 5.32 Å². The molecule has 0 aromatic rings. The van der Waals surface area contributed by atoms with Crippen molar-refractivity contribution in [3.63, 3.8) is 0 Å². The van der Waals surface area contributed by atoms with E-state index in [1.165, 1.54) is 6.92 Å². The van der Waals surface area contributed by atoms with Gasteiger partial charge in [-0.15, -0.1) is 0 Å². The standard InChI is InChI=1S/C8H16N2O2S4/c1-5(11)6(3-13)10-16-15-8(12)7(4-14)9-2/h6-7,9-10,13-14H,3-4H2,1-2H3/t6-,7-/m0/s1. The molecule has 0 fully saturated rings. The lowest BCUT2D eigenvalue weighted by Gasteiger charge is -2.13.